The summed E-state index contributed by atoms with van der Waals surface area (Å²) in [6.45, 7) is 0. The molecule has 0 aromatic carbocycles. The number of carbonyl (C=O) groups is 1. The Balaban J connectivity index is 2.81. The van der Waals surface area contributed by atoms with E-state index in [-0.39, 0.29) is 10.4 Å². The molecule has 1 aromatic heterocycles. The molecule has 0 saturated heterocycles. The van der Waals surface area contributed by atoms with Crippen LogP contribution in [0.5, 0.6) is 0 Å². The van der Waals surface area contributed by atoms with Gasteiger partial charge in [-0.2, -0.15) is 9.78 Å². The van der Waals surface area contributed by atoms with Crippen molar-refractivity contribution in [2.24, 2.45) is 0 Å². The van der Waals surface area contributed by atoms with E-state index in [4.69, 9.17) is 5.11 Å². The third-order valence-electron chi connectivity index (χ3n) is 1.09. The Hall–Kier alpha value is -1.73. The first-order valence-corrected chi connectivity index (χ1v) is 3.01. The summed E-state index contributed by atoms with van der Waals surface area (Å²) in [5, 5.41) is 12.8. The van der Waals surface area contributed by atoms with E-state index in [1.54, 1.807) is 5.32 Å². The second-order valence-corrected chi connectivity index (χ2v) is 2.07. The van der Waals surface area contributed by atoms with Gasteiger partial charge in [-0.1, -0.05) is 0 Å². The Morgan fingerprint density at radius 2 is 2.23 bits per heavy atom. The van der Waals surface area contributed by atoms with Crippen LogP contribution in [0.3, 0.4) is 0 Å². The zero-order valence-electron chi connectivity index (χ0n) is 6.04. The van der Waals surface area contributed by atoms with Gasteiger partial charge in [0.1, 0.15) is 0 Å². The van der Waals surface area contributed by atoms with Gasteiger partial charge in [0.2, 0.25) is 0 Å². The van der Waals surface area contributed by atoms with Crippen LogP contribution in [-0.4, -0.2) is 21.0 Å². The molecule has 0 saturated carbocycles. The van der Waals surface area contributed by atoms with Crippen molar-refractivity contribution in [1.82, 2.24) is 9.78 Å². The van der Waals surface area contributed by atoms with Crippen molar-refractivity contribution >= 4 is 11.8 Å². The monoisotopic (exact) mass is 195 g/mol. The molecule has 0 atom stereocenters. The average molecular weight is 195 g/mol. The Morgan fingerprint density at radius 3 is 2.62 bits per heavy atom. The fourth-order valence-electron chi connectivity index (χ4n) is 0.649. The minimum Gasteiger partial charge on any atom is -0.465 e. The molecule has 5 nitrogen and oxygen atoms in total. The molecule has 1 aromatic rings. The van der Waals surface area contributed by atoms with Crippen molar-refractivity contribution < 1.29 is 23.1 Å². The molecular formula is C5H4F3N3O2. The maximum Gasteiger partial charge on any atom is 0.504 e. The Bertz CT molecular complexity index is 319. The third kappa shape index (κ3) is 2.36. The predicted molar refractivity (Wildman–Crippen MR) is 35.2 cm³/mol. The number of amides is 1. The van der Waals surface area contributed by atoms with Gasteiger partial charge in [-0.25, -0.2) is 4.79 Å². The maximum absolute atomic E-state index is 11.9. The normalized spacial score (nSPS) is 11.3. The van der Waals surface area contributed by atoms with Crippen molar-refractivity contribution in [2.75, 3.05) is 5.32 Å². The van der Waals surface area contributed by atoms with E-state index in [9.17, 15) is 18.0 Å². The minimum atomic E-state index is -4.63. The van der Waals surface area contributed by atoms with E-state index >= 15 is 0 Å². The van der Waals surface area contributed by atoms with E-state index in [1.807, 2.05) is 0 Å². The molecular weight excluding hydrogens is 191 g/mol. The van der Waals surface area contributed by atoms with Gasteiger partial charge in [-0.3, -0.25) is 5.32 Å². The molecule has 8 heteroatoms. The molecule has 1 rings (SSSR count). The first-order chi connectivity index (χ1) is 5.89. The number of nitrogens with zero attached hydrogens (tertiary/aromatic N) is 2. The zero-order chi connectivity index (χ0) is 10.1. The minimum absolute atomic E-state index is 0.232. The summed E-state index contributed by atoms with van der Waals surface area (Å²) < 4.78 is 35.3. The lowest BCUT2D eigenvalue weighted by Gasteiger charge is -2.03. The highest BCUT2D eigenvalue weighted by atomic mass is 19.4. The Morgan fingerprint density at radius 1 is 1.62 bits per heavy atom. The van der Waals surface area contributed by atoms with Crippen LogP contribution in [0, 0.1) is 0 Å². The lowest BCUT2D eigenvalue weighted by molar-refractivity contribution is -0.212. The molecule has 72 valence electrons. The molecule has 1 heterocycles. The maximum atomic E-state index is 11.9. The summed E-state index contributed by atoms with van der Waals surface area (Å²) in [6.07, 6.45) is -4.77. The van der Waals surface area contributed by atoms with E-state index in [0.717, 1.165) is 6.20 Å². The number of halogens is 3. The molecule has 0 fully saturated rings. The fourth-order valence-corrected chi connectivity index (χ4v) is 0.649. The van der Waals surface area contributed by atoms with Crippen LogP contribution >= 0.6 is 0 Å². The van der Waals surface area contributed by atoms with Gasteiger partial charge >= 0.3 is 12.4 Å². The van der Waals surface area contributed by atoms with Crippen LogP contribution in [0.2, 0.25) is 0 Å². The number of hydrogen-bond acceptors (Lipinski definition) is 2. The summed E-state index contributed by atoms with van der Waals surface area (Å²) in [5.74, 6) is 0. The summed E-state index contributed by atoms with van der Waals surface area (Å²) in [7, 11) is 0. The topological polar surface area (TPSA) is 67.2 Å². The molecule has 0 bridgehead atoms. The van der Waals surface area contributed by atoms with Crippen LogP contribution in [0.25, 0.3) is 0 Å². The van der Waals surface area contributed by atoms with Gasteiger partial charge in [-0.05, 0) is 0 Å². The van der Waals surface area contributed by atoms with Gasteiger partial charge in [0.05, 0.1) is 18.1 Å². The average Bonchev–Trinajstić information content (AvgIpc) is 2.32. The highest BCUT2D eigenvalue weighted by Crippen LogP contribution is 2.22. The van der Waals surface area contributed by atoms with Crippen molar-refractivity contribution in [2.45, 2.75) is 6.30 Å². The lowest BCUT2D eigenvalue weighted by Crippen LogP contribution is -2.16. The largest absolute Gasteiger partial charge is 0.504 e. The Kier molecular flexibility index (Phi) is 2.13. The summed E-state index contributed by atoms with van der Waals surface area (Å²) in [5.41, 5.74) is -0.232. The number of rotatable bonds is 1. The molecule has 13 heavy (non-hydrogen) atoms. The van der Waals surface area contributed by atoms with Crippen LogP contribution in [0.4, 0.5) is 23.7 Å². The quantitative estimate of drug-likeness (QED) is 0.712. The number of hydrogen-bond donors (Lipinski definition) is 2. The molecule has 0 unspecified atom stereocenters. The Labute approximate surface area is 69.8 Å². The summed E-state index contributed by atoms with van der Waals surface area (Å²) in [4.78, 5) is 10.00. The van der Waals surface area contributed by atoms with E-state index in [1.165, 1.54) is 0 Å². The highest BCUT2D eigenvalue weighted by molar-refractivity contribution is 5.82. The second kappa shape index (κ2) is 2.96. The van der Waals surface area contributed by atoms with Crippen molar-refractivity contribution in [3.63, 3.8) is 0 Å². The smallest absolute Gasteiger partial charge is 0.465 e. The van der Waals surface area contributed by atoms with Gasteiger partial charge in [-0.15, -0.1) is 13.2 Å². The van der Waals surface area contributed by atoms with Gasteiger partial charge in [0.25, 0.3) is 0 Å². The van der Waals surface area contributed by atoms with E-state index < -0.39 is 12.4 Å². The van der Waals surface area contributed by atoms with Crippen LogP contribution in [0.15, 0.2) is 12.4 Å². The molecule has 1 amide bonds. The zero-order valence-corrected chi connectivity index (χ0v) is 6.04. The molecule has 0 aliphatic carbocycles. The van der Waals surface area contributed by atoms with Gasteiger partial charge in [0.15, 0.2) is 0 Å². The van der Waals surface area contributed by atoms with Crippen molar-refractivity contribution in [3.8, 4) is 0 Å². The van der Waals surface area contributed by atoms with Crippen molar-refractivity contribution in [3.05, 3.63) is 12.4 Å². The molecule has 0 aliphatic heterocycles. The summed E-state index contributed by atoms with van der Waals surface area (Å²) in [6, 6.07) is 0. The number of aromatic nitrogens is 2. The number of nitrogens with one attached hydrogen (secondary N) is 1. The predicted octanol–water partition coefficient (Wildman–Crippen LogP) is 1.45. The standard InChI is InChI=1S/C5H4F3N3O2/c6-5(7,8)11-2-3(1-9-11)10-4(12)13/h1-2,10H,(H,12,13). The highest BCUT2D eigenvalue weighted by Gasteiger charge is 2.31. The fraction of sp³-hybridized carbons (Fsp3) is 0.200. The SMILES string of the molecule is O=C(O)Nc1cnn(C(F)(F)F)c1. The van der Waals surface area contributed by atoms with Crippen LogP contribution < -0.4 is 5.32 Å². The van der Waals surface area contributed by atoms with Crippen LogP contribution in [-0.2, 0) is 6.30 Å². The lowest BCUT2D eigenvalue weighted by atomic mass is 10.6. The first-order valence-electron chi connectivity index (χ1n) is 3.01. The molecule has 0 spiro atoms. The molecule has 0 aliphatic rings. The van der Waals surface area contributed by atoms with Crippen LogP contribution in [0.1, 0.15) is 0 Å². The second-order valence-electron chi connectivity index (χ2n) is 2.07. The number of anilines is 1. The van der Waals surface area contributed by atoms with Gasteiger partial charge < -0.3 is 5.11 Å². The summed E-state index contributed by atoms with van der Waals surface area (Å²) >= 11 is 0. The third-order valence-corrected chi connectivity index (χ3v) is 1.09. The van der Waals surface area contributed by atoms with Gasteiger partial charge in [0, 0.05) is 0 Å². The molecule has 2 N–H and O–H groups in total. The van der Waals surface area contributed by atoms with E-state index in [0.29, 0.717) is 6.20 Å². The van der Waals surface area contributed by atoms with Crippen molar-refractivity contribution in [1.29, 1.82) is 0 Å². The number of carboxylic acid groups (broad SMARTS) is 1. The molecule has 0 radical (unpaired) electrons. The van der Waals surface area contributed by atoms with E-state index in [2.05, 4.69) is 5.10 Å². The first kappa shape index (κ1) is 9.36. The number of alkyl halides is 3.